The smallest absolute Gasteiger partial charge is 0.0378 e. The molecule has 2 aromatic rings. The van der Waals surface area contributed by atoms with Crippen LogP contribution >= 0.6 is 0 Å². The van der Waals surface area contributed by atoms with Crippen molar-refractivity contribution in [3.63, 3.8) is 0 Å². The van der Waals surface area contributed by atoms with Crippen LogP contribution in [0.3, 0.4) is 0 Å². The Kier molecular flexibility index (Phi) is 4.86. The van der Waals surface area contributed by atoms with Gasteiger partial charge in [-0.3, -0.25) is 9.97 Å². The summed E-state index contributed by atoms with van der Waals surface area (Å²) < 4.78 is 0. The molecule has 4 heteroatoms. The Balaban J connectivity index is 2.17. The number of hydrogen-bond acceptors (Lipinski definition) is 4. The maximum Gasteiger partial charge on any atom is 0.0378 e. The van der Waals surface area contributed by atoms with Crippen molar-refractivity contribution in [2.45, 2.75) is 25.8 Å². The van der Waals surface area contributed by atoms with Crippen LogP contribution in [0.2, 0.25) is 0 Å². The molecule has 2 rings (SSSR count). The van der Waals surface area contributed by atoms with E-state index in [2.05, 4.69) is 22.2 Å². The van der Waals surface area contributed by atoms with Crippen molar-refractivity contribution in [1.29, 1.82) is 0 Å². The zero-order valence-corrected chi connectivity index (χ0v) is 11.2. The van der Waals surface area contributed by atoms with Crippen LogP contribution in [0.15, 0.2) is 43.0 Å². The van der Waals surface area contributed by atoms with Crippen molar-refractivity contribution in [1.82, 2.24) is 15.3 Å². The SMILES string of the molecule is CCCNC(Cc1cnccc1N)c1ccncc1. The van der Waals surface area contributed by atoms with Crippen LogP contribution in [0.5, 0.6) is 0 Å². The number of nitrogens with zero attached hydrogens (tertiary/aromatic N) is 2. The number of nitrogens with one attached hydrogen (secondary N) is 1. The van der Waals surface area contributed by atoms with Crippen LogP contribution in [-0.4, -0.2) is 16.5 Å². The third kappa shape index (κ3) is 3.76. The van der Waals surface area contributed by atoms with Crippen LogP contribution in [0, 0.1) is 0 Å². The number of anilines is 1. The Hall–Kier alpha value is -1.94. The predicted octanol–water partition coefficient (Wildman–Crippen LogP) is 2.34. The third-order valence-electron chi connectivity index (χ3n) is 3.11. The van der Waals surface area contributed by atoms with Gasteiger partial charge in [0, 0.05) is 36.5 Å². The summed E-state index contributed by atoms with van der Waals surface area (Å²) in [5.74, 6) is 0. The number of nitrogens with two attached hydrogens (primary N) is 1. The maximum absolute atomic E-state index is 6.00. The Labute approximate surface area is 114 Å². The second-order valence-electron chi connectivity index (χ2n) is 4.57. The third-order valence-corrected chi connectivity index (χ3v) is 3.11. The van der Waals surface area contributed by atoms with Gasteiger partial charge in [-0.1, -0.05) is 6.92 Å². The fourth-order valence-electron chi connectivity index (χ4n) is 2.05. The van der Waals surface area contributed by atoms with E-state index in [1.54, 1.807) is 6.20 Å². The van der Waals surface area contributed by atoms with Crippen molar-refractivity contribution in [3.8, 4) is 0 Å². The van der Waals surface area contributed by atoms with E-state index in [1.807, 2.05) is 36.8 Å². The highest BCUT2D eigenvalue weighted by atomic mass is 14.9. The van der Waals surface area contributed by atoms with Crippen LogP contribution < -0.4 is 11.1 Å². The minimum Gasteiger partial charge on any atom is -0.398 e. The van der Waals surface area contributed by atoms with Gasteiger partial charge in [-0.15, -0.1) is 0 Å². The quantitative estimate of drug-likeness (QED) is 0.832. The first-order valence-electron chi connectivity index (χ1n) is 6.63. The van der Waals surface area contributed by atoms with Crippen molar-refractivity contribution in [3.05, 3.63) is 54.1 Å². The van der Waals surface area contributed by atoms with Gasteiger partial charge in [0.15, 0.2) is 0 Å². The average Bonchev–Trinajstić information content (AvgIpc) is 2.46. The van der Waals surface area contributed by atoms with E-state index in [0.717, 1.165) is 30.6 Å². The first kappa shape index (κ1) is 13.5. The lowest BCUT2D eigenvalue weighted by molar-refractivity contribution is 0.529. The summed E-state index contributed by atoms with van der Waals surface area (Å²) in [5, 5.41) is 3.55. The van der Waals surface area contributed by atoms with E-state index in [-0.39, 0.29) is 6.04 Å². The summed E-state index contributed by atoms with van der Waals surface area (Å²) in [6, 6.07) is 6.17. The highest BCUT2D eigenvalue weighted by Crippen LogP contribution is 2.20. The van der Waals surface area contributed by atoms with Crippen LogP contribution in [-0.2, 0) is 6.42 Å². The Bertz CT molecular complexity index is 499. The molecule has 0 fully saturated rings. The molecule has 0 amide bonds. The van der Waals surface area contributed by atoms with Gasteiger partial charge in [0.25, 0.3) is 0 Å². The van der Waals surface area contributed by atoms with Gasteiger partial charge in [0.05, 0.1) is 0 Å². The normalized spacial score (nSPS) is 12.3. The lowest BCUT2D eigenvalue weighted by atomic mass is 10.00. The van der Waals surface area contributed by atoms with Gasteiger partial charge in [0.2, 0.25) is 0 Å². The molecule has 0 aliphatic rings. The summed E-state index contributed by atoms with van der Waals surface area (Å²) in [5.41, 5.74) is 9.10. The molecule has 0 aliphatic heterocycles. The molecule has 2 heterocycles. The van der Waals surface area contributed by atoms with E-state index in [4.69, 9.17) is 5.73 Å². The summed E-state index contributed by atoms with van der Waals surface area (Å²) in [6.07, 6.45) is 9.15. The van der Waals surface area contributed by atoms with E-state index in [9.17, 15) is 0 Å². The molecule has 0 aliphatic carbocycles. The molecule has 0 aromatic carbocycles. The summed E-state index contributed by atoms with van der Waals surface area (Å²) in [4.78, 5) is 8.22. The van der Waals surface area contributed by atoms with Crippen molar-refractivity contribution in [2.75, 3.05) is 12.3 Å². The van der Waals surface area contributed by atoms with E-state index in [0.29, 0.717) is 0 Å². The number of hydrogen-bond donors (Lipinski definition) is 2. The van der Waals surface area contributed by atoms with Crippen LogP contribution in [0.25, 0.3) is 0 Å². The van der Waals surface area contributed by atoms with Gasteiger partial charge in [-0.2, -0.15) is 0 Å². The molecule has 0 radical (unpaired) electrons. The summed E-state index contributed by atoms with van der Waals surface area (Å²) in [7, 11) is 0. The Morgan fingerprint density at radius 3 is 2.58 bits per heavy atom. The molecule has 0 saturated heterocycles. The monoisotopic (exact) mass is 256 g/mol. The van der Waals surface area contributed by atoms with Crippen molar-refractivity contribution in [2.24, 2.45) is 0 Å². The maximum atomic E-state index is 6.00. The molecule has 2 aromatic heterocycles. The van der Waals surface area contributed by atoms with Gasteiger partial charge in [-0.25, -0.2) is 0 Å². The second kappa shape index (κ2) is 6.85. The van der Waals surface area contributed by atoms with Gasteiger partial charge >= 0.3 is 0 Å². The molecule has 0 saturated carbocycles. The molecular weight excluding hydrogens is 236 g/mol. The molecule has 4 nitrogen and oxygen atoms in total. The van der Waals surface area contributed by atoms with Crippen molar-refractivity contribution >= 4 is 5.69 Å². The average molecular weight is 256 g/mol. The van der Waals surface area contributed by atoms with Gasteiger partial charge in [-0.05, 0) is 48.7 Å². The van der Waals surface area contributed by atoms with E-state index in [1.165, 1.54) is 5.56 Å². The topological polar surface area (TPSA) is 63.8 Å². The van der Waals surface area contributed by atoms with Crippen molar-refractivity contribution < 1.29 is 0 Å². The fraction of sp³-hybridized carbons (Fsp3) is 0.333. The Morgan fingerprint density at radius 1 is 1.16 bits per heavy atom. The molecule has 1 unspecified atom stereocenters. The van der Waals surface area contributed by atoms with E-state index >= 15 is 0 Å². The molecule has 0 bridgehead atoms. The molecule has 19 heavy (non-hydrogen) atoms. The van der Waals surface area contributed by atoms with E-state index < -0.39 is 0 Å². The largest absolute Gasteiger partial charge is 0.398 e. The number of rotatable bonds is 6. The minimum atomic E-state index is 0.245. The zero-order chi connectivity index (χ0) is 13.5. The number of pyridine rings is 2. The lowest BCUT2D eigenvalue weighted by Gasteiger charge is -2.19. The highest BCUT2D eigenvalue weighted by molar-refractivity contribution is 5.45. The fourth-order valence-corrected chi connectivity index (χ4v) is 2.05. The molecule has 0 spiro atoms. The molecule has 100 valence electrons. The number of aromatic nitrogens is 2. The molecule has 3 N–H and O–H groups in total. The predicted molar refractivity (Wildman–Crippen MR) is 77.6 cm³/mol. The van der Waals surface area contributed by atoms with Gasteiger partial charge in [0.1, 0.15) is 0 Å². The lowest BCUT2D eigenvalue weighted by Crippen LogP contribution is -2.24. The minimum absolute atomic E-state index is 0.245. The standard InChI is InChI=1S/C15H20N4/c1-2-6-19-15(12-3-7-17-8-4-12)10-13-11-18-9-5-14(13)16/h3-5,7-9,11,15,19H,2,6,10H2,1H3,(H2,16,18). The molecular formula is C15H20N4. The second-order valence-corrected chi connectivity index (χ2v) is 4.57. The van der Waals surface area contributed by atoms with Crippen LogP contribution in [0.4, 0.5) is 5.69 Å². The first-order valence-corrected chi connectivity index (χ1v) is 6.63. The zero-order valence-electron chi connectivity index (χ0n) is 11.2. The molecule has 1 atom stereocenters. The summed E-state index contributed by atoms with van der Waals surface area (Å²) >= 11 is 0. The Morgan fingerprint density at radius 2 is 1.89 bits per heavy atom. The van der Waals surface area contributed by atoms with Crippen LogP contribution in [0.1, 0.15) is 30.5 Å². The highest BCUT2D eigenvalue weighted by Gasteiger charge is 2.12. The van der Waals surface area contributed by atoms with Gasteiger partial charge < -0.3 is 11.1 Å². The first-order chi connectivity index (χ1) is 9.31. The summed E-state index contributed by atoms with van der Waals surface area (Å²) in [6.45, 7) is 3.14. The number of nitrogen functional groups attached to an aromatic ring is 1.